The van der Waals surface area contributed by atoms with Crippen LogP contribution in [-0.4, -0.2) is 25.3 Å². The van der Waals surface area contributed by atoms with Crippen molar-refractivity contribution in [3.8, 4) is 22.1 Å². The Morgan fingerprint density at radius 1 is 1.33 bits per heavy atom. The number of thiazole rings is 1. The lowest BCUT2D eigenvalue weighted by molar-refractivity contribution is -0.0511. The zero-order chi connectivity index (χ0) is 15.2. The van der Waals surface area contributed by atoms with Crippen molar-refractivity contribution < 1.29 is 18.3 Å². The molecule has 0 unspecified atom stereocenters. The van der Waals surface area contributed by atoms with Crippen LogP contribution in [0.15, 0.2) is 24.4 Å². The third-order valence-corrected chi connectivity index (χ3v) is 3.78. The van der Waals surface area contributed by atoms with Crippen LogP contribution in [0.2, 0.25) is 0 Å². The van der Waals surface area contributed by atoms with Crippen molar-refractivity contribution in [1.82, 2.24) is 10.3 Å². The fourth-order valence-electron chi connectivity index (χ4n) is 1.77. The van der Waals surface area contributed by atoms with E-state index in [1.165, 1.54) is 24.5 Å². The van der Waals surface area contributed by atoms with Crippen LogP contribution in [0.4, 0.5) is 8.78 Å². The van der Waals surface area contributed by atoms with Crippen LogP contribution in [-0.2, 0) is 6.54 Å². The molecular weight excluding hydrogens is 298 g/mol. The summed E-state index contributed by atoms with van der Waals surface area (Å²) in [5, 5.41) is 3.97. The Morgan fingerprint density at radius 3 is 2.81 bits per heavy atom. The second-order valence-corrected chi connectivity index (χ2v) is 5.27. The van der Waals surface area contributed by atoms with Gasteiger partial charge < -0.3 is 14.8 Å². The van der Waals surface area contributed by atoms with Crippen LogP contribution in [0.3, 0.4) is 0 Å². The number of hydrogen-bond acceptors (Lipinski definition) is 5. The van der Waals surface area contributed by atoms with Gasteiger partial charge in [-0.3, -0.25) is 0 Å². The van der Waals surface area contributed by atoms with Crippen molar-refractivity contribution in [3.05, 3.63) is 29.3 Å². The maximum atomic E-state index is 12.4. The smallest absolute Gasteiger partial charge is 0.387 e. The van der Waals surface area contributed by atoms with Gasteiger partial charge in [-0.15, -0.1) is 11.3 Å². The molecule has 0 spiro atoms. The number of methoxy groups -OCH3 is 1. The Morgan fingerprint density at radius 2 is 2.14 bits per heavy atom. The van der Waals surface area contributed by atoms with E-state index in [1.807, 2.05) is 6.92 Å². The summed E-state index contributed by atoms with van der Waals surface area (Å²) >= 11 is 1.51. The largest absolute Gasteiger partial charge is 0.493 e. The molecule has 0 aliphatic carbocycles. The molecule has 0 bridgehead atoms. The lowest BCUT2D eigenvalue weighted by Gasteiger charge is -2.10. The van der Waals surface area contributed by atoms with Gasteiger partial charge in [0.05, 0.1) is 7.11 Å². The molecule has 0 saturated carbocycles. The number of nitrogens with zero attached hydrogens (tertiary/aromatic N) is 1. The molecular formula is C14H16F2N2O2S. The summed E-state index contributed by atoms with van der Waals surface area (Å²) in [4.78, 5) is 5.39. The highest BCUT2D eigenvalue weighted by atomic mass is 32.1. The van der Waals surface area contributed by atoms with E-state index in [9.17, 15) is 8.78 Å². The van der Waals surface area contributed by atoms with Crippen molar-refractivity contribution in [3.63, 3.8) is 0 Å². The molecule has 0 fully saturated rings. The Balaban J connectivity index is 2.24. The first-order valence-electron chi connectivity index (χ1n) is 6.42. The van der Waals surface area contributed by atoms with Crippen LogP contribution >= 0.6 is 11.3 Å². The molecule has 4 nitrogen and oxygen atoms in total. The molecule has 1 aromatic heterocycles. The normalized spacial score (nSPS) is 10.9. The Labute approximate surface area is 125 Å². The van der Waals surface area contributed by atoms with E-state index >= 15 is 0 Å². The Kier molecular flexibility index (Phi) is 5.46. The minimum atomic E-state index is -2.89. The maximum Gasteiger partial charge on any atom is 0.387 e. The van der Waals surface area contributed by atoms with Crippen molar-refractivity contribution in [1.29, 1.82) is 0 Å². The zero-order valence-electron chi connectivity index (χ0n) is 11.7. The van der Waals surface area contributed by atoms with Crippen molar-refractivity contribution in [2.24, 2.45) is 0 Å². The highest BCUT2D eigenvalue weighted by Gasteiger charge is 2.13. The minimum Gasteiger partial charge on any atom is -0.493 e. The first-order chi connectivity index (χ1) is 10.1. The van der Waals surface area contributed by atoms with E-state index in [0.717, 1.165) is 28.5 Å². The molecule has 1 aromatic carbocycles. The molecule has 7 heteroatoms. The average Bonchev–Trinajstić information content (AvgIpc) is 2.93. The topological polar surface area (TPSA) is 43.4 Å². The van der Waals surface area contributed by atoms with Gasteiger partial charge >= 0.3 is 6.61 Å². The molecule has 0 aliphatic heterocycles. The van der Waals surface area contributed by atoms with E-state index in [4.69, 9.17) is 4.74 Å². The lowest BCUT2D eigenvalue weighted by atomic mass is 10.2. The average molecular weight is 314 g/mol. The van der Waals surface area contributed by atoms with Gasteiger partial charge in [0.2, 0.25) is 0 Å². The van der Waals surface area contributed by atoms with Crippen molar-refractivity contribution >= 4 is 11.3 Å². The molecule has 0 radical (unpaired) electrons. The first-order valence-corrected chi connectivity index (χ1v) is 7.24. The Hall–Kier alpha value is -1.73. The number of benzene rings is 1. The number of aromatic nitrogens is 1. The molecule has 1 heterocycles. The lowest BCUT2D eigenvalue weighted by Crippen LogP contribution is -2.10. The summed E-state index contributed by atoms with van der Waals surface area (Å²) in [7, 11) is 1.41. The number of rotatable bonds is 7. The number of hydrogen-bond donors (Lipinski definition) is 1. The molecule has 21 heavy (non-hydrogen) atoms. The standard InChI is InChI=1S/C14H16F2N2O2S/c1-3-17-7-10-8-18-13(21-10)9-4-5-11(19-2)12(6-9)20-14(15)16/h4-6,8,14,17H,3,7H2,1-2H3. The van der Waals surface area contributed by atoms with E-state index in [1.54, 1.807) is 18.3 Å². The van der Waals surface area contributed by atoms with Crippen molar-refractivity contribution in [2.75, 3.05) is 13.7 Å². The summed E-state index contributed by atoms with van der Waals surface area (Å²) in [6.45, 7) is 0.751. The predicted molar refractivity (Wildman–Crippen MR) is 78.1 cm³/mol. The minimum absolute atomic E-state index is 0.00781. The van der Waals surface area contributed by atoms with Crippen LogP contribution in [0.25, 0.3) is 10.6 Å². The molecule has 114 valence electrons. The van der Waals surface area contributed by atoms with Crippen LogP contribution in [0, 0.1) is 0 Å². The van der Waals surface area contributed by atoms with Crippen LogP contribution < -0.4 is 14.8 Å². The number of halogens is 2. The molecule has 0 atom stereocenters. The maximum absolute atomic E-state index is 12.4. The summed E-state index contributed by atoms with van der Waals surface area (Å²) in [6.07, 6.45) is 1.78. The molecule has 0 aliphatic rings. The van der Waals surface area contributed by atoms with E-state index in [2.05, 4.69) is 15.0 Å². The summed E-state index contributed by atoms with van der Waals surface area (Å²) in [5.74, 6) is 0.275. The highest BCUT2D eigenvalue weighted by Crippen LogP contribution is 2.35. The second-order valence-electron chi connectivity index (χ2n) is 4.16. The third-order valence-electron chi connectivity index (χ3n) is 2.73. The van der Waals surface area contributed by atoms with Crippen LogP contribution in [0.5, 0.6) is 11.5 Å². The van der Waals surface area contributed by atoms with Gasteiger partial charge in [-0.05, 0) is 24.7 Å². The molecule has 2 rings (SSSR count). The summed E-state index contributed by atoms with van der Waals surface area (Å²) in [5.41, 5.74) is 0.721. The zero-order valence-corrected chi connectivity index (χ0v) is 12.5. The molecule has 0 amide bonds. The summed E-state index contributed by atoms with van der Waals surface area (Å²) in [6, 6.07) is 4.88. The fraction of sp³-hybridized carbons (Fsp3) is 0.357. The number of nitrogens with one attached hydrogen (secondary N) is 1. The monoisotopic (exact) mass is 314 g/mol. The van der Waals surface area contributed by atoms with E-state index in [0.29, 0.717) is 0 Å². The summed E-state index contributed by atoms with van der Waals surface area (Å²) < 4.78 is 34.3. The van der Waals surface area contributed by atoms with Gasteiger partial charge in [-0.25, -0.2) is 4.98 Å². The van der Waals surface area contributed by atoms with Gasteiger partial charge in [-0.1, -0.05) is 6.92 Å². The number of alkyl halides is 2. The van der Waals surface area contributed by atoms with Gasteiger partial charge in [0.1, 0.15) is 5.01 Å². The number of ether oxygens (including phenoxy) is 2. The van der Waals surface area contributed by atoms with Crippen LogP contribution in [0.1, 0.15) is 11.8 Å². The van der Waals surface area contributed by atoms with Gasteiger partial charge in [0, 0.05) is 23.2 Å². The quantitative estimate of drug-likeness (QED) is 0.849. The predicted octanol–water partition coefficient (Wildman–Crippen LogP) is 3.53. The van der Waals surface area contributed by atoms with Gasteiger partial charge in [-0.2, -0.15) is 8.78 Å². The SMILES string of the molecule is CCNCc1cnc(-c2ccc(OC)c(OC(F)F)c2)s1. The second kappa shape index (κ2) is 7.33. The molecule has 2 aromatic rings. The highest BCUT2D eigenvalue weighted by molar-refractivity contribution is 7.15. The van der Waals surface area contributed by atoms with Gasteiger partial charge in [0.15, 0.2) is 11.5 Å². The Bertz CT molecular complexity index is 590. The molecule has 1 N–H and O–H groups in total. The fourth-order valence-corrected chi connectivity index (χ4v) is 2.65. The van der Waals surface area contributed by atoms with E-state index in [-0.39, 0.29) is 11.5 Å². The van der Waals surface area contributed by atoms with Crippen molar-refractivity contribution in [2.45, 2.75) is 20.1 Å². The molecule has 0 saturated heterocycles. The third kappa shape index (κ3) is 4.12. The van der Waals surface area contributed by atoms with E-state index < -0.39 is 6.61 Å². The first kappa shape index (κ1) is 15.7. The van der Waals surface area contributed by atoms with Gasteiger partial charge in [0.25, 0.3) is 0 Å².